The topological polar surface area (TPSA) is 62.7 Å². The summed E-state index contributed by atoms with van der Waals surface area (Å²) in [6, 6.07) is 8.10. The van der Waals surface area contributed by atoms with Crippen LogP contribution in [0.3, 0.4) is 0 Å². The lowest BCUT2D eigenvalue weighted by molar-refractivity contribution is -0.127. The van der Waals surface area contributed by atoms with E-state index in [1.807, 2.05) is 0 Å². The number of ether oxygens (including phenoxy) is 1. The summed E-state index contributed by atoms with van der Waals surface area (Å²) >= 11 is 0. The summed E-state index contributed by atoms with van der Waals surface area (Å²) < 4.78 is 19.6. The van der Waals surface area contributed by atoms with Gasteiger partial charge in [0.25, 0.3) is 0 Å². The van der Waals surface area contributed by atoms with Crippen molar-refractivity contribution in [3.8, 4) is 11.5 Å². The zero-order valence-electron chi connectivity index (χ0n) is 13.6. The van der Waals surface area contributed by atoms with Crippen LogP contribution < -0.4 is 4.74 Å². The number of amides is 1. The number of halogens is 1. The quantitative estimate of drug-likeness (QED) is 0.786. The van der Waals surface area contributed by atoms with Gasteiger partial charge in [-0.3, -0.25) is 9.78 Å². The summed E-state index contributed by atoms with van der Waals surface area (Å²) in [7, 11) is 0. The highest BCUT2D eigenvalue weighted by Crippen LogP contribution is 2.27. The van der Waals surface area contributed by atoms with Crippen molar-refractivity contribution in [1.29, 1.82) is 0 Å². The number of aliphatic hydroxyl groups is 1. The van der Waals surface area contributed by atoms with Crippen molar-refractivity contribution in [3.63, 3.8) is 0 Å². The van der Waals surface area contributed by atoms with Crippen molar-refractivity contribution in [2.24, 2.45) is 0 Å². The Labute approximate surface area is 145 Å². The zero-order chi connectivity index (χ0) is 17.6. The predicted molar refractivity (Wildman–Crippen MR) is 91.6 cm³/mol. The minimum Gasteiger partial charge on any atom is -0.453 e. The van der Waals surface area contributed by atoms with Crippen LogP contribution in [0.5, 0.6) is 11.5 Å². The second-order valence-corrected chi connectivity index (χ2v) is 5.80. The third kappa shape index (κ3) is 4.64. The smallest absolute Gasteiger partial charge is 0.246 e. The van der Waals surface area contributed by atoms with Crippen molar-refractivity contribution < 1.29 is 19.0 Å². The van der Waals surface area contributed by atoms with Crippen LogP contribution in [0.1, 0.15) is 18.4 Å². The molecule has 3 rings (SSSR count). The minimum absolute atomic E-state index is 0.0644. The molecule has 0 saturated heterocycles. The fraction of sp³-hybridized carbons (Fsp3) is 0.263. The van der Waals surface area contributed by atoms with Crippen molar-refractivity contribution in [2.75, 3.05) is 13.2 Å². The molecule has 0 unspecified atom stereocenters. The van der Waals surface area contributed by atoms with E-state index in [1.165, 1.54) is 24.4 Å². The molecule has 1 saturated carbocycles. The van der Waals surface area contributed by atoms with Gasteiger partial charge in [-0.25, -0.2) is 4.39 Å². The lowest BCUT2D eigenvalue weighted by Crippen LogP contribution is -2.34. The molecule has 130 valence electrons. The first kappa shape index (κ1) is 17.1. The van der Waals surface area contributed by atoms with Crippen LogP contribution in [-0.4, -0.2) is 40.1 Å². The number of aromatic nitrogens is 1. The van der Waals surface area contributed by atoms with Gasteiger partial charge in [-0.05, 0) is 48.7 Å². The van der Waals surface area contributed by atoms with Crippen LogP contribution in [0.15, 0.2) is 48.8 Å². The fourth-order valence-corrected chi connectivity index (χ4v) is 2.47. The highest BCUT2D eigenvalue weighted by Gasteiger charge is 2.30. The van der Waals surface area contributed by atoms with Crippen LogP contribution in [0.2, 0.25) is 0 Å². The largest absolute Gasteiger partial charge is 0.453 e. The molecule has 1 aromatic carbocycles. The van der Waals surface area contributed by atoms with Crippen LogP contribution >= 0.6 is 0 Å². The maximum absolute atomic E-state index is 14.2. The van der Waals surface area contributed by atoms with Gasteiger partial charge in [0.05, 0.1) is 12.8 Å². The Morgan fingerprint density at radius 3 is 2.88 bits per heavy atom. The molecule has 0 spiro atoms. The van der Waals surface area contributed by atoms with Gasteiger partial charge in [0.2, 0.25) is 5.91 Å². The predicted octanol–water partition coefficient (Wildman–Crippen LogP) is 3.01. The molecule has 1 heterocycles. The first-order valence-corrected chi connectivity index (χ1v) is 8.14. The highest BCUT2D eigenvalue weighted by molar-refractivity contribution is 5.92. The van der Waals surface area contributed by atoms with Crippen LogP contribution in [0.25, 0.3) is 6.08 Å². The van der Waals surface area contributed by atoms with E-state index in [2.05, 4.69) is 4.98 Å². The Balaban J connectivity index is 1.67. The van der Waals surface area contributed by atoms with Crippen LogP contribution in [0.4, 0.5) is 4.39 Å². The number of rotatable bonds is 7. The Morgan fingerprint density at radius 2 is 2.24 bits per heavy atom. The molecular weight excluding hydrogens is 323 g/mol. The van der Waals surface area contributed by atoms with E-state index in [-0.39, 0.29) is 24.3 Å². The summed E-state index contributed by atoms with van der Waals surface area (Å²) in [6.07, 6.45) is 8.01. The summed E-state index contributed by atoms with van der Waals surface area (Å²) in [4.78, 5) is 17.7. The van der Waals surface area contributed by atoms with E-state index in [9.17, 15) is 9.18 Å². The Hall–Kier alpha value is -2.73. The Kier molecular flexibility index (Phi) is 5.40. The van der Waals surface area contributed by atoms with Crippen molar-refractivity contribution in [2.45, 2.75) is 18.9 Å². The Bertz CT molecular complexity index is 761. The van der Waals surface area contributed by atoms with Crippen molar-refractivity contribution in [1.82, 2.24) is 9.88 Å². The maximum atomic E-state index is 14.2. The molecule has 6 heteroatoms. The van der Waals surface area contributed by atoms with Crippen LogP contribution in [0, 0.1) is 5.82 Å². The highest BCUT2D eigenvalue weighted by atomic mass is 19.1. The third-order valence-electron chi connectivity index (χ3n) is 3.85. The summed E-state index contributed by atoms with van der Waals surface area (Å²) in [5.74, 6) is -0.152. The van der Waals surface area contributed by atoms with Gasteiger partial charge in [-0.2, -0.15) is 0 Å². The van der Waals surface area contributed by atoms with Gasteiger partial charge in [0.15, 0.2) is 11.6 Å². The lowest BCUT2D eigenvalue weighted by atomic mass is 10.2. The van der Waals surface area contributed by atoms with E-state index in [0.717, 1.165) is 12.8 Å². The lowest BCUT2D eigenvalue weighted by Gasteiger charge is -2.19. The number of nitrogens with zero attached hydrogens (tertiary/aromatic N) is 2. The molecule has 1 N–H and O–H groups in total. The van der Waals surface area contributed by atoms with Gasteiger partial charge in [-0.1, -0.05) is 6.07 Å². The monoisotopic (exact) mass is 342 g/mol. The van der Waals surface area contributed by atoms with E-state index >= 15 is 0 Å². The van der Waals surface area contributed by atoms with Gasteiger partial charge < -0.3 is 14.7 Å². The molecular formula is C19H19FN2O3. The molecule has 0 radical (unpaired) electrons. The zero-order valence-corrected chi connectivity index (χ0v) is 13.6. The fourth-order valence-electron chi connectivity index (χ4n) is 2.47. The second kappa shape index (κ2) is 7.90. The molecule has 1 amide bonds. The van der Waals surface area contributed by atoms with Gasteiger partial charge in [-0.15, -0.1) is 0 Å². The van der Waals surface area contributed by atoms with E-state index in [0.29, 0.717) is 17.9 Å². The van der Waals surface area contributed by atoms with E-state index < -0.39 is 5.82 Å². The summed E-state index contributed by atoms with van der Waals surface area (Å²) in [5, 5.41) is 9.05. The van der Waals surface area contributed by atoms with Gasteiger partial charge in [0, 0.05) is 24.9 Å². The summed E-state index contributed by atoms with van der Waals surface area (Å²) in [5.41, 5.74) is 0.559. The maximum Gasteiger partial charge on any atom is 0.246 e. The molecule has 1 aliphatic rings. The number of carbonyl (C=O) groups is 1. The second-order valence-electron chi connectivity index (χ2n) is 5.80. The molecule has 0 bridgehead atoms. The molecule has 5 nitrogen and oxygen atoms in total. The molecule has 2 aromatic rings. The third-order valence-corrected chi connectivity index (χ3v) is 3.85. The molecule has 1 aliphatic carbocycles. The van der Waals surface area contributed by atoms with Crippen molar-refractivity contribution >= 4 is 12.0 Å². The Morgan fingerprint density at radius 1 is 1.40 bits per heavy atom. The number of pyridine rings is 1. The first-order chi connectivity index (χ1) is 12.2. The van der Waals surface area contributed by atoms with Gasteiger partial charge in [0.1, 0.15) is 5.75 Å². The average molecular weight is 342 g/mol. The number of hydrogen-bond acceptors (Lipinski definition) is 4. The molecule has 25 heavy (non-hydrogen) atoms. The number of aliphatic hydroxyl groups excluding tert-OH is 1. The minimum atomic E-state index is -0.521. The molecule has 1 aromatic heterocycles. The van der Waals surface area contributed by atoms with Crippen molar-refractivity contribution in [3.05, 3.63) is 60.2 Å². The number of benzene rings is 1. The number of carbonyl (C=O) groups excluding carboxylic acids is 1. The van der Waals surface area contributed by atoms with Crippen LogP contribution in [-0.2, 0) is 4.79 Å². The van der Waals surface area contributed by atoms with E-state index in [4.69, 9.17) is 9.84 Å². The molecule has 0 aliphatic heterocycles. The first-order valence-electron chi connectivity index (χ1n) is 8.14. The van der Waals surface area contributed by atoms with E-state index in [1.54, 1.807) is 35.4 Å². The molecule has 1 fully saturated rings. The van der Waals surface area contributed by atoms with Gasteiger partial charge >= 0.3 is 0 Å². The number of hydrogen-bond donors (Lipinski definition) is 1. The molecule has 0 atom stereocenters. The average Bonchev–Trinajstić information content (AvgIpc) is 3.45. The standard InChI is InChI=1S/C19H19FN2O3/c20-17-12-14(3-7-18(17)25-16-2-1-9-21-13-16)4-8-19(24)22(10-11-23)15-5-6-15/h1-4,7-9,12-13,15,23H,5-6,10-11H2/b8-4+. The SMILES string of the molecule is O=C(/C=C/c1ccc(Oc2cccnc2)c(F)c1)N(CCO)C1CC1. The summed E-state index contributed by atoms with van der Waals surface area (Å²) in [6.45, 7) is 0.255. The normalized spacial score (nSPS) is 13.8.